The molecule has 5 rings (SSSR count). The predicted molar refractivity (Wildman–Crippen MR) is 126 cm³/mol. The Bertz CT molecular complexity index is 1130. The molecule has 0 N–H and O–H groups in total. The smallest absolute Gasteiger partial charge is 0.257 e. The molecule has 1 saturated carbocycles. The molecule has 8 heteroatoms. The van der Waals surface area contributed by atoms with Crippen LogP contribution in [0.4, 0.5) is 0 Å². The number of amides is 1. The van der Waals surface area contributed by atoms with Crippen LogP contribution in [0.15, 0.2) is 42.7 Å². The fourth-order valence-corrected chi connectivity index (χ4v) is 4.49. The quantitative estimate of drug-likeness (QED) is 0.554. The molecule has 2 fully saturated rings. The van der Waals surface area contributed by atoms with Crippen LogP contribution in [-0.4, -0.2) is 75.3 Å². The molecule has 1 aliphatic carbocycles. The lowest BCUT2D eigenvalue weighted by Gasteiger charge is -2.34. The van der Waals surface area contributed by atoms with Crippen molar-refractivity contribution in [1.82, 2.24) is 29.5 Å². The van der Waals surface area contributed by atoms with Gasteiger partial charge in [-0.25, -0.2) is 14.6 Å². The first-order chi connectivity index (χ1) is 16.2. The number of carbonyl (C=O) groups excluding carboxylic acids is 1. The van der Waals surface area contributed by atoms with Crippen LogP contribution in [0.3, 0.4) is 0 Å². The summed E-state index contributed by atoms with van der Waals surface area (Å²) in [4.78, 5) is 27.1. The highest BCUT2D eigenvalue weighted by molar-refractivity contribution is 5.95. The highest BCUT2D eigenvalue weighted by atomic mass is 16.5. The molecule has 0 radical (unpaired) electrons. The highest BCUT2D eigenvalue weighted by Gasteiger charge is 2.35. The largest absolute Gasteiger partial charge is 0.497 e. The van der Waals surface area contributed by atoms with Crippen LogP contribution >= 0.6 is 0 Å². The van der Waals surface area contributed by atoms with E-state index < -0.39 is 0 Å². The second kappa shape index (κ2) is 9.31. The van der Waals surface area contributed by atoms with Crippen LogP contribution in [0, 0.1) is 0 Å². The molecule has 0 spiro atoms. The third kappa shape index (κ3) is 4.48. The fraction of sp³-hybridized carbons (Fsp3) is 0.440. The molecule has 1 aliphatic heterocycles. The van der Waals surface area contributed by atoms with Crippen LogP contribution in [0.2, 0.25) is 0 Å². The molecule has 172 valence electrons. The lowest BCUT2D eigenvalue weighted by atomic mass is 10.1. The van der Waals surface area contributed by atoms with Crippen LogP contribution in [-0.2, 0) is 0 Å². The average molecular weight is 447 g/mol. The number of aromatic nitrogens is 4. The summed E-state index contributed by atoms with van der Waals surface area (Å²) >= 11 is 0. The second-order valence-corrected chi connectivity index (χ2v) is 8.74. The minimum atomic E-state index is 0.0725. The number of carbonyl (C=O) groups is 1. The average Bonchev–Trinajstić information content (AvgIpc) is 3.62. The molecule has 8 nitrogen and oxygen atoms in total. The van der Waals surface area contributed by atoms with Crippen molar-refractivity contribution >= 4 is 5.91 Å². The minimum absolute atomic E-state index is 0.0725. The van der Waals surface area contributed by atoms with Gasteiger partial charge in [0.05, 0.1) is 30.3 Å². The molecular formula is C25H30N6O2. The molecule has 1 amide bonds. The van der Waals surface area contributed by atoms with E-state index in [2.05, 4.69) is 21.9 Å². The molecule has 0 atom stereocenters. The molecule has 3 heterocycles. The van der Waals surface area contributed by atoms with Crippen molar-refractivity contribution in [1.29, 1.82) is 0 Å². The van der Waals surface area contributed by atoms with Crippen LogP contribution in [0.1, 0.15) is 48.2 Å². The van der Waals surface area contributed by atoms with Crippen molar-refractivity contribution < 1.29 is 9.53 Å². The van der Waals surface area contributed by atoms with Crippen molar-refractivity contribution in [3.05, 3.63) is 54.0 Å². The number of methoxy groups -OCH3 is 1. The molecule has 3 aromatic rings. The number of ether oxygens (including phenoxy) is 1. The van der Waals surface area contributed by atoms with E-state index in [1.807, 2.05) is 35.2 Å². The van der Waals surface area contributed by atoms with Gasteiger partial charge in [-0.15, -0.1) is 0 Å². The summed E-state index contributed by atoms with van der Waals surface area (Å²) in [6.07, 6.45) is 6.71. The standard InChI is InChI=1S/C25H30N6O2/c1-3-11-29-12-14-30(15-13-29)24(32)21-17-27-31(23(21)18-7-8-18)25-26-10-9-22(28-25)19-5-4-6-20(16-19)33-2/h4-6,9-10,16-18H,3,7-8,11-15H2,1-2H3. The summed E-state index contributed by atoms with van der Waals surface area (Å²) in [6.45, 7) is 6.66. The van der Waals surface area contributed by atoms with E-state index in [-0.39, 0.29) is 5.91 Å². The summed E-state index contributed by atoms with van der Waals surface area (Å²) in [5.74, 6) is 1.67. The first-order valence-corrected chi connectivity index (χ1v) is 11.8. The van der Waals surface area contributed by atoms with Gasteiger partial charge in [0.25, 0.3) is 11.9 Å². The predicted octanol–water partition coefficient (Wildman–Crippen LogP) is 3.38. The van der Waals surface area contributed by atoms with Crippen LogP contribution < -0.4 is 4.74 Å². The Kier molecular flexibility index (Phi) is 6.09. The van der Waals surface area contributed by atoms with Gasteiger partial charge < -0.3 is 9.64 Å². The molecule has 0 unspecified atom stereocenters. The topological polar surface area (TPSA) is 76.4 Å². The van der Waals surface area contributed by atoms with Gasteiger partial charge in [0.2, 0.25) is 0 Å². The Morgan fingerprint density at radius 3 is 2.70 bits per heavy atom. The zero-order valence-corrected chi connectivity index (χ0v) is 19.3. The normalized spacial score (nSPS) is 16.7. The van der Waals surface area contributed by atoms with E-state index in [1.54, 1.807) is 24.2 Å². The monoisotopic (exact) mass is 446 g/mol. The molecule has 2 aliphatic rings. The maximum atomic E-state index is 13.4. The summed E-state index contributed by atoms with van der Waals surface area (Å²) < 4.78 is 7.12. The first-order valence-electron chi connectivity index (χ1n) is 11.8. The summed E-state index contributed by atoms with van der Waals surface area (Å²) in [5, 5.41) is 4.59. The number of benzene rings is 1. The van der Waals surface area contributed by atoms with Crippen molar-refractivity contribution in [2.45, 2.75) is 32.1 Å². The zero-order chi connectivity index (χ0) is 22.8. The first kappa shape index (κ1) is 21.6. The Morgan fingerprint density at radius 2 is 1.97 bits per heavy atom. The van der Waals surface area contributed by atoms with Gasteiger partial charge in [0, 0.05) is 43.9 Å². The van der Waals surface area contributed by atoms with Gasteiger partial charge in [-0.1, -0.05) is 19.1 Å². The van der Waals surface area contributed by atoms with Gasteiger partial charge >= 0.3 is 0 Å². The highest BCUT2D eigenvalue weighted by Crippen LogP contribution is 2.42. The van der Waals surface area contributed by atoms with Crippen LogP contribution in [0.25, 0.3) is 17.2 Å². The van der Waals surface area contributed by atoms with Crippen molar-refractivity contribution in [3.63, 3.8) is 0 Å². The van der Waals surface area contributed by atoms with Gasteiger partial charge in [-0.3, -0.25) is 9.69 Å². The summed E-state index contributed by atoms with van der Waals surface area (Å²) in [5.41, 5.74) is 3.37. The van der Waals surface area contributed by atoms with Gasteiger partial charge in [0.1, 0.15) is 5.75 Å². The SMILES string of the molecule is CCCN1CCN(C(=O)c2cnn(-c3nccc(-c4cccc(OC)c4)n3)c2C2CC2)CC1. The Hall–Kier alpha value is -3.26. The van der Waals surface area contributed by atoms with E-state index in [4.69, 9.17) is 9.72 Å². The lowest BCUT2D eigenvalue weighted by molar-refractivity contribution is 0.0636. The maximum Gasteiger partial charge on any atom is 0.257 e. The second-order valence-electron chi connectivity index (χ2n) is 8.74. The van der Waals surface area contributed by atoms with E-state index in [9.17, 15) is 4.79 Å². The lowest BCUT2D eigenvalue weighted by Crippen LogP contribution is -2.48. The Labute approximate surface area is 194 Å². The van der Waals surface area contributed by atoms with E-state index in [0.717, 1.165) is 74.7 Å². The Balaban J connectivity index is 1.43. The molecule has 1 saturated heterocycles. The summed E-state index contributed by atoms with van der Waals surface area (Å²) in [7, 11) is 1.65. The third-order valence-corrected chi connectivity index (χ3v) is 6.40. The van der Waals surface area contributed by atoms with E-state index in [1.165, 1.54) is 0 Å². The zero-order valence-electron chi connectivity index (χ0n) is 19.3. The number of hydrogen-bond donors (Lipinski definition) is 0. The number of piperazine rings is 1. The molecule has 1 aromatic carbocycles. The number of nitrogens with zero attached hydrogens (tertiary/aromatic N) is 6. The number of rotatable bonds is 7. The van der Waals surface area contributed by atoms with Gasteiger partial charge in [-0.2, -0.15) is 5.10 Å². The molecule has 0 bridgehead atoms. The maximum absolute atomic E-state index is 13.4. The third-order valence-electron chi connectivity index (χ3n) is 6.40. The molecular weight excluding hydrogens is 416 g/mol. The van der Waals surface area contributed by atoms with Gasteiger partial charge in [0.15, 0.2) is 0 Å². The van der Waals surface area contributed by atoms with Crippen molar-refractivity contribution in [3.8, 4) is 23.0 Å². The van der Waals surface area contributed by atoms with Crippen molar-refractivity contribution in [2.75, 3.05) is 39.8 Å². The summed E-state index contributed by atoms with van der Waals surface area (Å²) in [6, 6.07) is 9.66. The molecule has 33 heavy (non-hydrogen) atoms. The van der Waals surface area contributed by atoms with Crippen molar-refractivity contribution in [2.24, 2.45) is 0 Å². The van der Waals surface area contributed by atoms with E-state index >= 15 is 0 Å². The Morgan fingerprint density at radius 1 is 1.15 bits per heavy atom. The minimum Gasteiger partial charge on any atom is -0.497 e. The number of hydrogen-bond acceptors (Lipinski definition) is 6. The molecule has 2 aromatic heterocycles. The fourth-order valence-electron chi connectivity index (χ4n) is 4.49. The van der Waals surface area contributed by atoms with Crippen LogP contribution in [0.5, 0.6) is 5.75 Å². The van der Waals surface area contributed by atoms with E-state index in [0.29, 0.717) is 17.4 Å². The van der Waals surface area contributed by atoms with Gasteiger partial charge in [-0.05, 0) is 44.0 Å².